The number of thiophene rings is 1. The zero-order chi connectivity index (χ0) is 29.0. The van der Waals surface area contributed by atoms with Crippen LogP contribution in [0.2, 0.25) is 0 Å². The molecule has 3 heterocycles. The number of rotatable bonds is 4. The maximum atomic E-state index is 4.97. The molecule has 0 atom stereocenters. The maximum absolute atomic E-state index is 4.97. The molecule has 9 rings (SSSR count). The van der Waals surface area contributed by atoms with Crippen LogP contribution in [0.1, 0.15) is 0 Å². The van der Waals surface area contributed by atoms with Gasteiger partial charge in [0.1, 0.15) is 5.01 Å². The van der Waals surface area contributed by atoms with Crippen molar-refractivity contribution in [3.8, 4) is 22.0 Å². The van der Waals surface area contributed by atoms with Gasteiger partial charge in [-0.1, -0.05) is 60.7 Å². The second kappa shape index (κ2) is 10.2. The van der Waals surface area contributed by atoms with Gasteiger partial charge in [-0.25, -0.2) is 4.98 Å². The Morgan fingerprint density at radius 1 is 0.455 bits per heavy atom. The molecule has 4 nitrogen and oxygen atoms in total. The van der Waals surface area contributed by atoms with Crippen molar-refractivity contribution >= 4 is 77.2 Å². The molecule has 6 heteroatoms. The molecule has 0 spiro atoms. The number of hydrogen-bond acceptors (Lipinski definition) is 6. The van der Waals surface area contributed by atoms with Gasteiger partial charge in [-0.3, -0.25) is 0 Å². The summed E-state index contributed by atoms with van der Waals surface area (Å²) < 4.78 is 7.35. The van der Waals surface area contributed by atoms with E-state index in [0.29, 0.717) is 0 Å². The highest BCUT2D eigenvalue weighted by atomic mass is 32.1. The highest BCUT2D eigenvalue weighted by Gasteiger charge is 2.29. The first-order chi connectivity index (χ1) is 21.8. The minimum absolute atomic E-state index is 0.770. The van der Waals surface area contributed by atoms with Gasteiger partial charge < -0.3 is 9.80 Å². The zero-order valence-electron chi connectivity index (χ0n) is 23.5. The largest absolute Gasteiger partial charge is 0.306 e. The lowest BCUT2D eigenvalue weighted by Gasteiger charge is -2.40. The van der Waals surface area contributed by atoms with Crippen molar-refractivity contribution in [2.75, 3.05) is 9.80 Å². The second-order valence-electron chi connectivity index (χ2n) is 10.8. The minimum Gasteiger partial charge on any atom is -0.306 e. The van der Waals surface area contributed by atoms with Crippen LogP contribution in [0.15, 0.2) is 146 Å². The van der Waals surface area contributed by atoms with E-state index in [0.717, 1.165) is 56.1 Å². The Kier molecular flexibility index (Phi) is 5.82. The molecule has 1 aliphatic rings. The van der Waals surface area contributed by atoms with Crippen molar-refractivity contribution in [3.05, 3.63) is 146 Å². The van der Waals surface area contributed by atoms with E-state index in [2.05, 4.69) is 155 Å². The van der Waals surface area contributed by atoms with E-state index in [1.165, 1.54) is 31.7 Å². The molecule has 0 amide bonds. The molecule has 0 bridgehead atoms. The summed E-state index contributed by atoms with van der Waals surface area (Å²) in [4.78, 5) is 9.66. The van der Waals surface area contributed by atoms with Crippen molar-refractivity contribution < 1.29 is 0 Å². The van der Waals surface area contributed by atoms with Crippen LogP contribution in [0.4, 0.5) is 34.1 Å². The first kappa shape index (κ1) is 25.2. The fourth-order valence-corrected chi connectivity index (χ4v) is 7.93. The summed E-state index contributed by atoms with van der Waals surface area (Å²) in [7, 11) is 0. The van der Waals surface area contributed by atoms with Crippen molar-refractivity contribution in [1.82, 2.24) is 9.36 Å². The summed E-state index contributed by atoms with van der Waals surface area (Å²) in [6, 6.07) is 51.6. The van der Waals surface area contributed by atoms with Crippen LogP contribution in [0.25, 0.3) is 42.1 Å². The van der Waals surface area contributed by atoms with E-state index in [1.807, 2.05) is 11.3 Å². The molecule has 208 valence electrons. The number of aromatic nitrogens is 2. The fraction of sp³-hybridized carbons (Fsp3) is 0. The predicted molar refractivity (Wildman–Crippen MR) is 187 cm³/mol. The third kappa shape index (κ3) is 4.03. The van der Waals surface area contributed by atoms with Gasteiger partial charge in [-0.05, 0) is 96.5 Å². The highest BCUT2D eigenvalue weighted by molar-refractivity contribution is 7.25. The normalized spacial score (nSPS) is 12.5. The molecule has 2 aromatic heterocycles. The molecule has 0 unspecified atom stereocenters. The van der Waals surface area contributed by atoms with E-state index in [9.17, 15) is 0 Å². The SMILES string of the molecule is c1ccc(N2c3ccccc3N(c3ccc(-c4nc(-c5ccc6sc7ccccc7c6c5)ns4)cc3)c3ccccc32)cc1. The van der Waals surface area contributed by atoms with Crippen molar-refractivity contribution in [2.24, 2.45) is 0 Å². The molecule has 8 aromatic rings. The highest BCUT2D eigenvalue weighted by Crippen LogP contribution is 2.53. The predicted octanol–water partition coefficient (Wildman–Crippen LogP) is 11.5. The van der Waals surface area contributed by atoms with E-state index in [1.54, 1.807) is 0 Å². The molecule has 0 saturated carbocycles. The summed E-state index contributed by atoms with van der Waals surface area (Å²) in [5.74, 6) is 0.770. The Morgan fingerprint density at radius 3 is 1.68 bits per heavy atom. The summed E-state index contributed by atoms with van der Waals surface area (Å²) in [5.41, 5.74) is 8.90. The van der Waals surface area contributed by atoms with Gasteiger partial charge in [-0.15, -0.1) is 11.3 Å². The van der Waals surface area contributed by atoms with E-state index in [4.69, 9.17) is 9.36 Å². The minimum atomic E-state index is 0.770. The third-order valence-corrected chi connectivity index (χ3v) is 10.1. The molecular formula is C38H24N4S2. The van der Waals surface area contributed by atoms with Crippen molar-refractivity contribution in [1.29, 1.82) is 0 Å². The maximum Gasteiger partial charge on any atom is 0.173 e. The van der Waals surface area contributed by atoms with Crippen LogP contribution in [-0.4, -0.2) is 9.36 Å². The van der Waals surface area contributed by atoms with Crippen molar-refractivity contribution in [3.63, 3.8) is 0 Å². The molecular weight excluding hydrogens is 577 g/mol. The van der Waals surface area contributed by atoms with E-state index in [-0.39, 0.29) is 0 Å². The summed E-state index contributed by atoms with van der Waals surface area (Å²) >= 11 is 3.27. The van der Waals surface area contributed by atoms with Crippen LogP contribution in [0.3, 0.4) is 0 Å². The summed E-state index contributed by atoms with van der Waals surface area (Å²) in [5, 5.41) is 3.46. The Hall–Kier alpha value is -5.30. The second-order valence-corrected chi connectivity index (χ2v) is 12.6. The lowest BCUT2D eigenvalue weighted by atomic mass is 10.0. The van der Waals surface area contributed by atoms with E-state index < -0.39 is 0 Å². The van der Waals surface area contributed by atoms with Crippen LogP contribution in [-0.2, 0) is 0 Å². The van der Waals surface area contributed by atoms with Gasteiger partial charge in [0.05, 0.1) is 22.7 Å². The van der Waals surface area contributed by atoms with Gasteiger partial charge in [0, 0.05) is 42.7 Å². The Labute approximate surface area is 262 Å². The van der Waals surface area contributed by atoms with E-state index >= 15 is 0 Å². The van der Waals surface area contributed by atoms with Gasteiger partial charge in [0.2, 0.25) is 0 Å². The average Bonchev–Trinajstić information content (AvgIpc) is 3.73. The number of fused-ring (bicyclic) bond motifs is 5. The van der Waals surface area contributed by atoms with Gasteiger partial charge >= 0.3 is 0 Å². The summed E-state index contributed by atoms with van der Waals surface area (Å²) in [6.45, 7) is 0. The lowest BCUT2D eigenvalue weighted by Crippen LogP contribution is -2.23. The molecule has 1 aliphatic heterocycles. The molecule has 0 fully saturated rings. The lowest BCUT2D eigenvalue weighted by molar-refractivity contribution is 1.17. The van der Waals surface area contributed by atoms with Crippen LogP contribution in [0, 0.1) is 0 Å². The molecule has 6 aromatic carbocycles. The first-order valence-corrected chi connectivity index (χ1v) is 16.1. The molecule has 0 N–H and O–H groups in total. The molecule has 44 heavy (non-hydrogen) atoms. The van der Waals surface area contributed by atoms with Crippen molar-refractivity contribution in [2.45, 2.75) is 0 Å². The van der Waals surface area contributed by atoms with Crippen LogP contribution in [0.5, 0.6) is 0 Å². The van der Waals surface area contributed by atoms with Crippen LogP contribution >= 0.6 is 22.9 Å². The quantitative estimate of drug-likeness (QED) is 0.201. The number of nitrogens with zero attached hydrogens (tertiary/aromatic N) is 4. The molecule has 0 radical (unpaired) electrons. The zero-order valence-corrected chi connectivity index (χ0v) is 25.1. The van der Waals surface area contributed by atoms with Gasteiger partial charge in [0.15, 0.2) is 5.82 Å². The first-order valence-electron chi connectivity index (χ1n) is 14.5. The number of para-hydroxylation sites is 5. The average molecular weight is 601 g/mol. The topological polar surface area (TPSA) is 32.3 Å². The monoisotopic (exact) mass is 600 g/mol. The fourth-order valence-electron chi connectivity index (χ4n) is 6.15. The smallest absolute Gasteiger partial charge is 0.173 e. The standard InChI is InChI=1S/C38H24N4S2/c1-2-10-27(11-3-1)41-31-13-5-7-15-33(31)42(34-16-8-6-14-32(34)41)28-21-18-25(19-22-28)38-39-37(40-44-38)26-20-23-36-30(24-26)29-12-4-9-17-35(29)43-36/h1-24H. The Morgan fingerprint density at radius 2 is 1.00 bits per heavy atom. The number of benzene rings is 6. The Balaban J connectivity index is 1.08. The number of anilines is 6. The van der Waals surface area contributed by atoms with Crippen LogP contribution < -0.4 is 9.80 Å². The Bertz CT molecular complexity index is 2260. The molecule has 0 saturated heterocycles. The third-order valence-electron chi connectivity index (χ3n) is 8.17. The summed E-state index contributed by atoms with van der Waals surface area (Å²) in [6.07, 6.45) is 0. The van der Waals surface area contributed by atoms with Gasteiger partial charge in [-0.2, -0.15) is 4.37 Å². The van der Waals surface area contributed by atoms with Gasteiger partial charge in [0.25, 0.3) is 0 Å². The number of hydrogen-bond donors (Lipinski definition) is 0. The molecule has 0 aliphatic carbocycles.